The molecule has 0 saturated carbocycles. The molecule has 5 heteroatoms. The maximum atomic E-state index is 11.4. The van der Waals surface area contributed by atoms with Gasteiger partial charge in [-0.05, 0) is 25.5 Å². The van der Waals surface area contributed by atoms with Crippen molar-refractivity contribution in [1.29, 1.82) is 0 Å². The second-order valence-corrected chi connectivity index (χ2v) is 3.83. The monoisotopic (exact) mass is 279 g/mol. The lowest BCUT2D eigenvalue weighted by atomic mass is 10.2. The molecule has 0 bridgehead atoms. The summed E-state index contributed by atoms with van der Waals surface area (Å²) in [4.78, 5) is 22.2. The molecule has 20 heavy (non-hydrogen) atoms. The Morgan fingerprint density at radius 3 is 2.45 bits per heavy atom. The topological polar surface area (TPSA) is 64.6 Å². The number of rotatable bonds is 8. The van der Waals surface area contributed by atoms with Crippen molar-refractivity contribution in [2.75, 3.05) is 13.2 Å². The van der Waals surface area contributed by atoms with Crippen molar-refractivity contribution in [3.05, 3.63) is 48.8 Å². The molecule has 110 valence electrons. The van der Waals surface area contributed by atoms with E-state index in [0.717, 1.165) is 18.1 Å². The average molecular weight is 279 g/mol. The summed E-state index contributed by atoms with van der Waals surface area (Å²) in [5.74, 6) is -0.189. The van der Waals surface area contributed by atoms with Gasteiger partial charge in [0.1, 0.15) is 12.4 Å². The second kappa shape index (κ2) is 10.6. The third-order valence-electron chi connectivity index (χ3n) is 2.28. The van der Waals surface area contributed by atoms with E-state index < -0.39 is 12.1 Å². The van der Waals surface area contributed by atoms with Crippen LogP contribution in [0.1, 0.15) is 20.3 Å². The summed E-state index contributed by atoms with van der Waals surface area (Å²) in [5, 5.41) is 2.45. The van der Waals surface area contributed by atoms with Crippen LogP contribution in [-0.4, -0.2) is 25.2 Å². The zero-order chi connectivity index (χ0) is 15.4. The second-order valence-electron chi connectivity index (χ2n) is 3.83. The highest BCUT2D eigenvalue weighted by atomic mass is 16.6. The molecule has 0 aliphatic rings. The van der Waals surface area contributed by atoms with E-state index in [-0.39, 0.29) is 13.2 Å². The van der Waals surface area contributed by atoms with Crippen molar-refractivity contribution in [3.63, 3.8) is 0 Å². The summed E-state index contributed by atoms with van der Waals surface area (Å²) in [6.45, 7) is 11.0. The number of carbonyl (C=O) groups excluding carboxylic acids is 2. The highest BCUT2D eigenvalue weighted by Gasteiger charge is 2.03. The van der Waals surface area contributed by atoms with E-state index in [1.165, 1.54) is 6.08 Å². The number of carbonyl (C=O) groups is 2. The van der Waals surface area contributed by atoms with Crippen LogP contribution in [0.2, 0.25) is 0 Å². The summed E-state index contributed by atoms with van der Waals surface area (Å²) in [6.07, 6.45) is 6.31. The van der Waals surface area contributed by atoms with E-state index in [0.29, 0.717) is 5.76 Å². The van der Waals surface area contributed by atoms with Gasteiger partial charge >= 0.3 is 12.1 Å². The lowest BCUT2D eigenvalue weighted by molar-refractivity contribution is -0.137. The molecule has 0 spiro atoms. The summed E-state index contributed by atoms with van der Waals surface area (Å²) < 4.78 is 9.71. The summed E-state index contributed by atoms with van der Waals surface area (Å²) >= 11 is 0. The van der Waals surface area contributed by atoms with Crippen molar-refractivity contribution < 1.29 is 19.1 Å². The predicted molar refractivity (Wildman–Crippen MR) is 78.0 cm³/mol. The fraction of sp³-hybridized carbons (Fsp3) is 0.333. The Bertz CT molecular complexity index is 422. The van der Waals surface area contributed by atoms with E-state index in [2.05, 4.69) is 18.5 Å². The number of alkyl carbamates (subject to hydrolysis) is 1. The molecule has 0 radical (unpaired) electrons. The summed E-state index contributed by atoms with van der Waals surface area (Å²) in [6, 6.07) is 0. The molecular weight excluding hydrogens is 258 g/mol. The molecule has 0 saturated heterocycles. The third-order valence-corrected chi connectivity index (χ3v) is 2.28. The Labute approximate surface area is 119 Å². The fourth-order valence-electron chi connectivity index (χ4n) is 0.993. The summed E-state index contributed by atoms with van der Waals surface area (Å²) in [5.41, 5.74) is 1.16. The third kappa shape index (κ3) is 8.74. The van der Waals surface area contributed by atoms with Gasteiger partial charge in [-0.1, -0.05) is 31.7 Å². The molecule has 5 nitrogen and oxygen atoms in total. The number of allylic oxidation sites excluding steroid dienone is 4. The van der Waals surface area contributed by atoms with Gasteiger partial charge in [0.2, 0.25) is 0 Å². The molecule has 0 atom stereocenters. The zero-order valence-corrected chi connectivity index (χ0v) is 12.0. The van der Waals surface area contributed by atoms with E-state index in [4.69, 9.17) is 9.47 Å². The first-order valence-electron chi connectivity index (χ1n) is 6.28. The number of nitrogens with one attached hydrogen (secondary N) is 1. The van der Waals surface area contributed by atoms with Crippen LogP contribution in [0.25, 0.3) is 0 Å². The minimum Gasteiger partial charge on any atom is -0.461 e. The van der Waals surface area contributed by atoms with Gasteiger partial charge in [-0.15, -0.1) is 0 Å². The van der Waals surface area contributed by atoms with Crippen LogP contribution in [0.15, 0.2) is 48.8 Å². The molecule has 1 amide bonds. The van der Waals surface area contributed by atoms with E-state index >= 15 is 0 Å². The van der Waals surface area contributed by atoms with Gasteiger partial charge in [0.25, 0.3) is 0 Å². The van der Waals surface area contributed by atoms with Crippen LogP contribution in [-0.2, 0) is 14.3 Å². The van der Waals surface area contributed by atoms with Crippen LogP contribution < -0.4 is 5.32 Å². The standard InChI is InChI=1S/C15H21NO4/c1-5-12(4)8-9-13(6-2)20-15(18)16-10-11-19-14(17)7-3/h6-9H,2-3,5,10-11H2,1,4H3,(H,16,18)/b12-8+,13-9+. The van der Waals surface area contributed by atoms with Gasteiger partial charge in [-0.3, -0.25) is 0 Å². The molecule has 1 N–H and O–H groups in total. The normalized spacial score (nSPS) is 11.5. The van der Waals surface area contributed by atoms with E-state index in [1.54, 1.807) is 6.08 Å². The zero-order valence-electron chi connectivity index (χ0n) is 12.0. The first-order valence-corrected chi connectivity index (χ1v) is 6.28. The lowest BCUT2D eigenvalue weighted by Gasteiger charge is -2.07. The Morgan fingerprint density at radius 2 is 1.90 bits per heavy atom. The van der Waals surface area contributed by atoms with Gasteiger partial charge in [-0.2, -0.15) is 0 Å². The number of amides is 1. The van der Waals surface area contributed by atoms with Crippen molar-refractivity contribution >= 4 is 12.1 Å². The fourth-order valence-corrected chi connectivity index (χ4v) is 0.993. The molecule has 0 unspecified atom stereocenters. The van der Waals surface area contributed by atoms with Gasteiger partial charge in [0.05, 0.1) is 6.54 Å². The van der Waals surface area contributed by atoms with Crippen LogP contribution in [0.5, 0.6) is 0 Å². The summed E-state index contributed by atoms with van der Waals surface area (Å²) in [7, 11) is 0. The van der Waals surface area contributed by atoms with Crippen LogP contribution in [0.3, 0.4) is 0 Å². The molecule has 0 aromatic heterocycles. The Hall–Kier alpha value is -2.30. The number of esters is 1. The van der Waals surface area contributed by atoms with Gasteiger partial charge in [0.15, 0.2) is 0 Å². The maximum absolute atomic E-state index is 11.4. The molecule has 0 aromatic rings. The molecule has 0 rings (SSSR count). The number of ether oxygens (including phenoxy) is 2. The van der Waals surface area contributed by atoms with E-state index in [9.17, 15) is 9.59 Å². The largest absolute Gasteiger partial charge is 0.461 e. The molecule has 0 fully saturated rings. The Balaban J connectivity index is 4.13. The quantitative estimate of drug-likeness (QED) is 0.244. The SMILES string of the molecule is C=CC(=O)OCCNC(=O)O/C(C=C)=C/C=C(\C)CC. The molecule has 0 aromatic carbocycles. The molecule has 0 aliphatic carbocycles. The van der Waals surface area contributed by atoms with E-state index in [1.807, 2.05) is 19.9 Å². The highest BCUT2D eigenvalue weighted by molar-refractivity contribution is 5.81. The molecule has 0 aliphatic heterocycles. The Morgan fingerprint density at radius 1 is 1.20 bits per heavy atom. The molecule has 0 heterocycles. The molecular formula is C15H21NO4. The van der Waals surface area contributed by atoms with Crippen LogP contribution in [0, 0.1) is 0 Å². The maximum Gasteiger partial charge on any atom is 0.412 e. The smallest absolute Gasteiger partial charge is 0.412 e. The first-order chi connectivity index (χ1) is 9.53. The van der Waals surface area contributed by atoms with Gasteiger partial charge in [-0.25, -0.2) is 9.59 Å². The number of hydrogen-bond donors (Lipinski definition) is 1. The number of hydrogen-bond acceptors (Lipinski definition) is 4. The van der Waals surface area contributed by atoms with Gasteiger partial charge < -0.3 is 14.8 Å². The van der Waals surface area contributed by atoms with Crippen LogP contribution in [0.4, 0.5) is 4.79 Å². The minimum absolute atomic E-state index is 0.0575. The lowest BCUT2D eigenvalue weighted by Crippen LogP contribution is -2.28. The average Bonchev–Trinajstić information content (AvgIpc) is 2.46. The predicted octanol–water partition coefficient (Wildman–Crippen LogP) is 2.87. The minimum atomic E-state index is -0.631. The van der Waals surface area contributed by atoms with Gasteiger partial charge in [0, 0.05) is 6.08 Å². The van der Waals surface area contributed by atoms with Crippen molar-refractivity contribution in [2.24, 2.45) is 0 Å². The highest BCUT2D eigenvalue weighted by Crippen LogP contribution is 2.04. The van der Waals surface area contributed by atoms with Crippen molar-refractivity contribution in [3.8, 4) is 0 Å². The Kier molecular flexibility index (Phi) is 9.39. The van der Waals surface area contributed by atoms with Crippen molar-refractivity contribution in [2.45, 2.75) is 20.3 Å². The van der Waals surface area contributed by atoms with Crippen LogP contribution >= 0.6 is 0 Å². The van der Waals surface area contributed by atoms with Crippen molar-refractivity contribution in [1.82, 2.24) is 5.32 Å². The first kappa shape index (κ1) is 17.7.